The second-order valence-electron chi connectivity index (χ2n) is 7.29. The van der Waals surface area contributed by atoms with Crippen molar-refractivity contribution in [2.45, 2.75) is 40.2 Å². The van der Waals surface area contributed by atoms with Crippen LogP contribution in [0.5, 0.6) is 0 Å². The van der Waals surface area contributed by atoms with Gasteiger partial charge in [-0.3, -0.25) is 9.59 Å². The van der Waals surface area contributed by atoms with Crippen LogP contribution in [0.15, 0.2) is 42.6 Å². The zero-order valence-corrected chi connectivity index (χ0v) is 21.5. The Morgan fingerprint density at radius 1 is 1.12 bits per heavy atom. The third kappa shape index (κ3) is 6.07. The molecule has 3 aromatic rings. The molecule has 0 aliphatic heterocycles. The van der Waals surface area contributed by atoms with Crippen LogP contribution in [0.3, 0.4) is 0 Å². The Morgan fingerprint density at radius 3 is 2.41 bits per heavy atom. The number of hydrogen-bond acceptors (Lipinski definition) is 3. The lowest BCUT2D eigenvalue weighted by Gasteiger charge is -2.19. The molecule has 0 aliphatic rings. The molecule has 0 saturated carbocycles. The number of carbonyl (C=O) groups is 2. The first kappa shape index (κ1) is 27.6. The number of aromatic amines is 1. The lowest BCUT2D eigenvalue weighted by Crippen LogP contribution is -2.30. The molecule has 2 N–H and O–H groups in total. The van der Waals surface area contributed by atoms with Crippen LogP contribution >= 0.6 is 23.4 Å². The summed E-state index contributed by atoms with van der Waals surface area (Å²) < 4.78 is 29.1. The largest absolute Gasteiger partial charge is 0.357 e. The molecule has 8 heteroatoms. The third-order valence-corrected chi connectivity index (χ3v) is 6.11. The normalized spacial score (nSPS) is 11.4. The Balaban J connectivity index is 0.00000199. The van der Waals surface area contributed by atoms with E-state index in [1.807, 2.05) is 26.2 Å². The zero-order valence-electron chi connectivity index (χ0n) is 19.9. The van der Waals surface area contributed by atoms with E-state index in [4.69, 9.17) is 11.6 Å². The number of H-pyrrole nitrogens is 1. The molecule has 0 saturated heterocycles. The topological polar surface area (TPSA) is 62.0 Å². The minimum atomic E-state index is -0.710. The van der Waals surface area contributed by atoms with Crippen LogP contribution < -0.4 is 5.32 Å². The molecule has 182 valence electrons. The summed E-state index contributed by atoms with van der Waals surface area (Å²) in [6, 6.07) is 8.80. The van der Waals surface area contributed by atoms with Crippen LogP contribution in [0, 0.1) is 18.6 Å². The van der Waals surface area contributed by atoms with Crippen molar-refractivity contribution >= 4 is 35.1 Å². The first-order valence-electron chi connectivity index (χ1n) is 11.0. The first-order chi connectivity index (χ1) is 16.3. The van der Waals surface area contributed by atoms with Crippen LogP contribution in [-0.2, 0) is 0 Å². The van der Waals surface area contributed by atoms with Crippen molar-refractivity contribution in [1.29, 1.82) is 0 Å². The van der Waals surface area contributed by atoms with Crippen LogP contribution in [-0.4, -0.2) is 28.7 Å². The molecule has 34 heavy (non-hydrogen) atoms. The summed E-state index contributed by atoms with van der Waals surface area (Å²) in [7, 11) is 0. The molecule has 1 heterocycles. The van der Waals surface area contributed by atoms with Crippen molar-refractivity contribution in [2.75, 3.05) is 12.0 Å². The van der Waals surface area contributed by atoms with E-state index in [0.717, 1.165) is 17.7 Å². The van der Waals surface area contributed by atoms with Gasteiger partial charge in [-0.1, -0.05) is 44.5 Å². The molecule has 0 spiro atoms. The number of halogens is 3. The maximum Gasteiger partial charge on any atom is 0.253 e. The third-order valence-electron chi connectivity index (χ3n) is 5.21. The summed E-state index contributed by atoms with van der Waals surface area (Å²) in [5, 5.41) is 3.49. The summed E-state index contributed by atoms with van der Waals surface area (Å²) in [4.78, 5) is 28.7. The van der Waals surface area contributed by atoms with Crippen LogP contribution in [0.4, 0.5) is 8.78 Å². The summed E-state index contributed by atoms with van der Waals surface area (Å²) in [6.07, 6.45) is 3.42. The Kier molecular flexibility index (Phi) is 10.3. The Bertz CT molecular complexity index is 1160. The van der Waals surface area contributed by atoms with Gasteiger partial charge in [-0.25, -0.2) is 8.78 Å². The summed E-state index contributed by atoms with van der Waals surface area (Å²) in [5.74, 6) is -1.58. The van der Waals surface area contributed by atoms with Gasteiger partial charge in [0.1, 0.15) is 11.6 Å². The highest BCUT2D eigenvalue weighted by molar-refractivity contribution is 7.98. The number of rotatable bonds is 8. The molecule has 3 rings (SSSR count). The van der Waals surface area contributed by atoms with Crippen molar-refractivity contribution in [2.24, 2.45) is 0 Å². The highest BCUT2D eigenvalue weighted by Gasteiger charge is 2.27. The van der Waals surface area contributed by atoms with Gasteiger partial charge < -0.3 is 10.3 Å². The lowest BCUT2D eigenvalue weighted by atomic mass is 9.94. The maximum atomic E-state index is 14.8. The number of thioether (sulfide) groups is 1. The fourth-order valence-corrected chi connectivity index (χ4v) is 4.37. The summed E-state index contributed by atoms with van der Waals surface area (Å²) >= 11 is 7.65. The minimum absolute atomic E-state index is 0.0271. The SMILES string of the molecule is CC.CCC(=O)c1[nH]cc(C(=O)NC(CSC)c2cccc(Cl)c2)c1-c1c(F)ccc(F)c1C. The summed E-state index contributed by atoms with van der Waals surface area (Å²) in [6.45, 7) is 7.08. The Labute approximate surface area is 208 Å². The molecule has 0 aliphatic carbocycles. The van der Waals surface area contributed by atoms with Crippen LogP contribution in [0.25, 0.3) is 11.1 Å². The smallest absolute Gasteiger partial charge is 0.253 e. The fourth-order valence-electron chi connectivity index (χ4n) is 3.57. The molecular formula is C26H29ClF2N2O2S. The minimum Gasteiger partial charge on any atom is -0.357 e. The highest BCUT2D eigenvalue weighted by Crippen LogP contribution is 2.35. The maximum absolute atomic E-state index is 14.8. The van der Waals surface area contributed by atoms with Gasteiger partial charge in [-0.15, -0.1) is 0 Å². The number of ketones is 1. The van der Waals surface area contributed by atoms with Gasteiger partial charge in [0.15, 0.2) is 5.78 Å². The second kappa shape index (κ2) is 12.7. The molecular weight excluding hydrogens is 478 g/mol. The first-order valence-corrected chi connectivity index (χ1v) is 12.8. The molecule has 2 aromatic carbocycles. The molecule has 0 bridgehead atoms. The fraction of sp³-hybridized carbons (Fsp3) is 0.308. The quantitative estimate of drug-likeness (QED) is 0.313. The number of nitrogens with one attached hydrogen (secondary N) is 2. The lowest BCUT2D eigenvalue weighted by molar-refractivity contribution is 0.0941. The van der Waals surface area contributed by atoms with Gasteiger partial charge >= 0.3 is 0 Å². The van der Waals surface area contributed by atoms with Gasteiger partial charge in [0, 0.05) is 34.5 Å². The van der Waals surface area contributed by atoms with Gasteiger partial charge in [-0.05, 0) is 48.6 Å². The number of carbonyl (C=O) groups excluding carboxylic acids is 2. The van der Waals surface area contributed by atoms with Crippen LogP contribution in [0.2, 0.25) is 5.02 Å². The highest BCUT2D eigenvalue weighted by atomic mass is 35.5. The van der Waals surface area contributed by atoms with Gasteiger partial charge in [0.25, 0.3) is 5.91 Å². The predicted octanol–water partition coefficient (Wildman–Crippen LogP) is 7.37. The molecule has 1 unspecified atom stereocenters. The molecule has 1 amide bonds. The zero-order chi connectivity index (χ0) is 25.4. The van der Waals surface area contributed by atoms with E-state index >= 15 is 0 Å². The molecule has 0 fully saturated rings. The monoisotopic (exact) mass is 506 g/mol. The van der Waals surface area contributed by atoms with E-state index in [2.05, 4.69) is 10.3 Å². The Hall–Kier alpha value is -2.64. The standard InChI is InChI=1S/C24H23ClF2N2O2S.C2H6/c1-4-20(30)23-22(21-13(2)17(26)8-9-18(21)27)16(11-28-23)24(31)29-19(12-32-3)14-6-5-7-15(25)10-14;1-2/h5-11,19,28H,4,12H2,1-3H3,(H,29,31);1-2H3. The average Bonchev–Trinajstić information content (AvgIpc) is 3.27. The number of benzene rings is 2. The van der Waals surface area contributed by atoms with Crippen molar-refractivity contribution in [1.82, 2.24) is 10.3 Å². The predicted molar refractivity (Wildman–Crippen MR) is 137 cm³/mol. The van der Waals surface area contributed by atoms with E-state index < -0.39 is 17.5 Å². The Morgan fingerprint density at radius 2 is 1.79 bits per heavy atom. The van der Waals surface area contributed by atoms with E-state index in [-0.39, 0.29) is 46.2 Å². The van der Waals surface area contributed by atoms with E-state index in [1.165, 1.54) is 24.9 Å². The molecule has 1 atom stereocenters. The van der Waals surface area contributed by atoms with Crippen molar-refractivity contribution in [3.8, 4) is 11.1 Å². The molecule has 0 radical (unpaired) electrons. The molecule has 4 nitrogen and oxygen atoms in total. The van der Waals surface area contributed by atoms with Crippen molar-refractivity contribution in [3.05, 3.63) is 81.6 Å². The number of aromatic nitrogens is 1. The number of amides is 1. The molecule has 1 aromatic heterocycles. The van der Waals surface area contributed by atoms with Gasteiger partial charge in [0.05, 0.1) is 17.3 Å². The van der Waals surface area contributed by atoms with Crippen LogP contribution in [0.1, 0.15) is 65.2 Å². The van der Waals surface area contributed by atoms with Gasteiger partial charge in [0.2, 0.25) is 0 Å². The van der Waals surface area contributed by atoms with E-state index in [9.17, 15) is 18.4 Å². The summed E-state index contributed by atoms with van der Waals surface area (Å²) in [5.41, 5.74) is 0.960. The van der Waals surface area contributed by atoms with Crippen molar-refractivity contribution < 1.29 is 18.4 Å². The van der Waals surface area contributed by atoms with E-state index in [0.29, 0.717) is 10.8 Å². The average molecular weight is 507 g/mol. The second-order valence-corrected chi connectivity index (χ2v) is 8.64. The van der Waals surface area contributed by atoms with Gasteiger partial charge in [-0.2, -0.15) is 11.8 Å². The van der Waals surface area contributed by atoms with Crippen molar-refractivity contribution in [3.63, 3.8) is 0 Å². The number of hydrogen-bond donors (Lipinski definition) is 2. The number of Topliss-reactive ketones (excluding diaryl/α,β-unsaturated/α-hetero) is 1. The van der Waals surface area contributed by atoms with E-state index in [1.54, 1.807) is 25.1 Å².